The van der Waals surface area contributed by atoms with E-state index in [4.69, 9.17) is 16.3 Å². The molecule has 1 aromatic carbocycles. The molecule has 0 unspecified atom stereocenters. The Morgan fingerprint density at radius 2 is 1.74 bits per heavy atom. The molecule has 1 aliphatic rings. The third kappa shape index (κ3) is 3.90. The number of morpholine rings is 1. The lowest BCUT2D eigenvalue weighted by Gasteiger charge is -2.27. The number of ether oxygens (including phenoxy) is 1. The zero-order valence-corrected chi connectivity index (χ0v) is 13.7. The number of anilines is 2. The van der Waals surface area contributed by atoms with Crippen molar-refractivity contribution in [2.45, 2.75) is 4.90 Å². The number of hydrogen-bond donors (Lipinski definition) is 1. The Morgan fingerprint density at radius 3 is 2.35 bits per heavy atom. The Balaban J connectivity index is 1.73. The van der Waals surface area contributed by atoms with E-state index in [-0.39, 0.29) is 10.7 Å². The molecular weight excluding hydrogens is 340 g/mol. The summed E-state index contributed by atoms with van der Waals surface area (Å²) in [4.78, 5) is 2.15. The molecule has 0 spiro atoms. The van der Waals surface area contributed by atoms with E-state index in [2.05, 4.69) is 14.9 Å². The van der Waals surface area contributed by atoms with Crippen LogP contribution in [-0.4, -0.2) is 44.9 Å². The van der Waals surface area contributed by atoms with Gasteiger partial charge in [-0.25, -0.2) is 8.42 Å². The van der Waals surface area contributed by atoms with Gasteiger partial charge in [-0.2, -0.15) is 0 Å². The van der Waals surface area contributed by atoms with Gasteiger partial charge in [0.15, 0.2) is 11.6 Å². The van der Waals surface area contributed by atoms with Crippen LogP contribution in [0.3, 0.4) is 0 Å². The standard InChI is InChI=1S/C14H15ClN4O3S/c15-11-1-3-12(4-2-11)23(20,21)18-13-5-6-14(17-16-13)19-7-9-22-10-8-19/h1-6H,7-10H2,(H,16,18). The van der Waals surface area contributed by atoms with Crippen molar-refractivity contribution in [2.75, 3.05) is 35.9 Å². The maximum Gasteiger partial charge on any atom is 0.263 e. The van der Waals surface area contributed by atoms with Gasteiger partial charge in [-0.3, -0.25) is 4.72 Å². The number of rotatable bonds is 4. The Hall–Kier alpha value is -1.90. The van der Waals surface area contributed by atoms with Crippen LogP contribution in [0.2, 0.25) is 5.02 Å². The molecule has 1 aromatic heterocycles. The molecule has 23 heavy (non-hydrogen) atoms. The van der Waals surface area contributed by atoms with Gasteiger partial charge in [0.25, 0.3) is 10.0 Å². The first-order valence-corrected chi connectivity index (χ1v) is 8.85. The van der Waals surface area contributed by atoms with E-state index in [0.29, 0.717) is 24.1 Å². The molecule has 9 heteroatoms. The fourth-order valence-corrected chi connectivity index (χ4v) is 3.27. The van der Waals surface area contributed by atoms with E-state index in [1.807, 2.05) is 4.90 Å². The lowest BCUT2D eigenvalue weighted by atomic mass is 10.4. The van der Waals surface area contributed by atoms with Crippen LogP contribution in [0.4, 0.5) is 11.6 Å². The van der Waals surface area contributed by atoms with Gasteiger partial charge >= 0.3 is 0 Å². The maximum atomic E-state index is 12.3. The molecule has 2 heterocycles. The van der Waals surface area contributed by atoms with Gasteiger partial charge in [-0.15, -0.1) is 10.2 Å². The summed E-state index contributed by atoms with van der Waals surface area (Å²) < 4.78 is 32.2. The van der Waals surface area contributed by atoms with Crippen molar-refractivity contribution in [1.29, 1.82) is 0 Å². The summed E-state index contributed by atoms with van der Waals surface area (Å²) in [7, 11) is -3.71. The molecule has 0 saturated carbocycles. The Bertz CT molecular complexity index is 760. The summed E-state index contributed by atoms with van der Waals surface area (Å²) in [5.41, 5.74) is 0. The molecular formula is C14H15ClN4O3S. The number of benzene rings is 1. The molecule has 1 N–H and O–H groups in total. The molecule has 1 saturated heterocycles. The highest BCUT2D eigenvalue weighted by Gasteiger charge is 2.16. The van der Waals surface area contributed by atoms with Crippen LogP contribution in [0, 0.1) is 0 Å². The van der Waals surface area contributed by atoms with Crippen LogP contribution in [0.25, 0.3) is 0 Å². The highest BCUT2D eigenvalue weighted by atomic mass is 35.5. The van der Waals surface area contributed by atoms with Gasteiger partial charge in [0.1, 0.15) is 0 Å². The van der Waals surface area contributed by atoms with E-state index >= 15 is 0 Å². The predicted octanol–water partition coefficient (Wildman–Crippen LogP) is 1.77. The summed E-state index contributed by atoms with van der Waals surface area (Å²) in [5, 5.41) is 8.47. The lowest BCUT2D eigenvalue weighted by molar-refractivity contribution is 0.122. The van der Waals surface area contributed by atoms with Crippen molar-refractivity contribution in [3.63, 3.8) is 0 Å². The largest absolute Gasteiger partial charge is 0.378 e. The van der Waals surface area contributed by atoms with Crippen molar-refractivity contribution in [1.82, 2.24) is 10.2 Å². The number of sulfonamides is 1. The van der Waals surface area contributed by atoms with Gasteiger partial charge in [0.05, 0.1) is 18.1 Å². The normalized spacial score (nSPS) is 15.4. The third-order valence-corrected chi connectivity index (χ3v) is 4.97. The van der Waals surface area contributed by atoms with E-state index in [1.54, 1.807) is 12.1 Å². The predicted molar refractivity (Wildman–Crippen MR) is 87.3 cm³/mol. The highest BCUT2D eigenvalue weighted by Crippen LogP contribution is 2.18. The van der Waals surface area contributed by atoms with E-state index in [9.17, 15) is 8.42 Å². The summed E-state index contributed by atoms with van der Waals surface area (Å²) in [6.07, 6.45) is 0. The van der Waals surface area contributed by atoms with Crippen molar-refractivity contribution in [2.24, 2.45) is 0 Å². The van der Waals surface area contributed by atoms with Gasteiger partial charge in [-0.1, -0.05) is 11.6 Å². The zero-order valence-electron chi connectivity index (χ0n) is 12.1. The molecule has 0 aliphatic carbocycles. The first-order chi connectivity index (χ1) is 11.0. The van der Waals surface area contributed by atoms with Crippen LogP contribution >= 0.6 is 11.6 Å². The molecule has 0 amide bonds. The second-order valence-electron chi connectivity index (χ2n) is 4.94. The highest BCUT2D eigenvalue weighted by molar-refractivity contribution is 7.92. The molecule has 0 bridgehead atoms. The second-order valence-corrected chi connectivity index (χ2v) is 7.05. The monoisotopic (exact) mass is 354 g/mol. The smallest absolute Gasteiger partial charge is 0.263 e. The first-order valence-electron chi connectivity index (χ1n) is 6.99. The van der Waals surface area contributed by atoms with E-state index in [1.165, 1.54) is 24.3 Å². The number of nitrogens with zero attached hydrogens (tertiary/aromatic N) is 3. The number of halogens is 1. The van der Waals surface area contributed by atoms with Crippen molar-refractivity contribution in [3.8, 4) is 0 Å². The Kier molecular flexibility index (Phi) is 4.65. The molecule has 7 nitrogen and oxygen atoms in total. The van der Waals surface area contributed by atoms with Crippen LogP contribution < -0.4 is 9.62 Å². The summed E-state index contributed by atoms with van der Waals surface area (Å²) in [6.45, 7) is 2.77. The van der Waals surface area contributed by atoms with Gasteiger partial charge < -0.3 is 9.64 Å². The van der Waals surface area contributed by atoms with Crippen molar-refractivity contribution in [3.05, 3.63) is 41.4 Å². The minimum Gasteiger partial charge on any atom is -0.378 e. The van der Waals surface area contributed by atoms with E-state index < -0.39 is 10.0 Å². The molecule has 0 radical (unpaired) electrons. The van der Waals surface area contributed by atoms with Gasteiger partial charge in [-0.05, 0) is 36.4 Å². The average Bonchev–Trinajstić information content (AvgIpc) is 2.56. The SMILES string of the molecule is O=S(=O)(Nc1ccc(N2CCOCC2)nn1)c1ccc(Cl)cc1. The van der Waals surface area contributed by atoms with Gasteiger partial charge in [0, 0.05) is 18.1 Å². The van der Waals surface area contributed by atoms with Gasteiger partial charge in [0.2, 0.25) is 0 Å². The second kappa shape index (κ2) is 6.69. The molecule has 2 aromatic rings. The molecule has 0 atom stereocenters. The average molecular weight is 355 g/mol. The molecule has 3 rings (SSSR count). The Morgan fingerprint density at radius 1 is 1.04 bits per heavy atom. The molecule has 1 fully saturated rings. The van der Waals surface area contributed by atoms with E-state index in [0.717, 1.165) is 13.1 Å². The topological polar surface area (TPSA) is 84.4 Å². The Labute approximate surface area is 139 Å². The van der Waals surface area contributed by atoms with Crippen LogP contribution in [-0.2, 0) is 14.8 Å². The summed E-state index contributed by atoms with van der Waals surface area (Å²) in [5.74, 6) is 0.861. The fourth-order valence-electron chi connectivity index (χ4n) is 2.15. The number of aromatic nitrogens is 2. The summed E-state index contributed by atoms with van der Waals surface area (Å²) >= 11 is 5.76. The molecule has 122 valence electrons. The fraction of sp³-hybridized carbons (Fsp3) is 0.286. The maximum absolute atomic E-state index is 12.3. The first kappa shape index (κ1) is 16.0. The molecule has 1 aliphatic heterocycles. The van der Waals surface area contributed by atoms with Crippen LogP contribution in [0.1, 0.15) is 0 Å². The van der Waals surface area contributed by atoms with Crippen molar-refractivity contribution >= 4 is 33.3 Å². The minimum atomic E-state index is -3.71. The number of nitrogens with one attached hydrogen (secondary N) is 1. The van der Waals surface area contributed by atoms with Crippen LogP contribution in [0.5, 0.6) is 0 Å². The van der Waals surface area contributed by atoms with Crippen LogP contribution in [0.15, 0.2) is 41.3 Å². The minimum absolute atomic E-state index is 0.112. The lowest BCUT2D eigenvalue weighted by Crippen LogP contribution is -2.36. The third-order valence-electron chi connectivity index (χ3n) is 3.35. The number of hydrogen-bond acceptors (Lipinski definition) is 6. The quantitative estimate of drug-likeness (QED) is 0.900. The zero-order chi connectivity index (χ0) is 16.3. The van der Waals surface area contributed by atoms with Crippen molar-refractivity contribution < 1.29 is 13.2 Å². The summed E-state index contributed by atoms with van der Waals surface area (Å²) in [6, 6.07) is 9.22.